The summed E-state index contributed by atoms with van der Waals surface area (Å²) in [5.74, 6) is 0. The highest BCUT2D eigenvalue weighted by molar-refractivity contribution is 6.70. The molecule has 0 bridgehead atoms. The van der Waals surface area contributed by atoms with Gasteiger partial charge in [0.25, 0.3) is 6.85 Å². The first-order valence-electron chi connectivity index (χ1n) is 5.13. The number of benzene rings is 1. The molecule has 2 heteroatoms. The maximum Gasteiger partial charge on any atom is 0.257 e. The molecule has 0 radical (unpaired) electrons. The molecule has 0 spiro atoms. The summed E-state index contributed by atoms with van der Waals surface area (Å²) in [5, 5.41) is 0. The molecule has 68 valence electrons. The van der Waals surface area contributed by atoms with Crippen LogP contribution in [-0.4, -0.2) is 25.3 Å². The fourth-order valence-electron chi connectivity index (χ4n) is 2.17. The quantitative estimate of drug-likeness (QED) is 0.583. The summed E-state index contributed by atoms with van der Waals surface area (Å²) >= 11 is 0. The third kappa shape index (κ3) is 1.94. The molecule has 1 fully saturated rings. The lowest BCUT2D eigenvalue weighted by molar-refractivity contribution is 0.470. The minimum absolute atomic E-state index is 0.662. The van der Waals surface area contributed by atoms with Gasteiger partial charge in [-0.05, 0) is 20.0 Å². The Morgan fingerprint density at radius 1 is 1.15 bits per heavy atom. The van der Waals surface area contributed by atoms with Gasteiger partial charge in [-0.2, -0.15) is 0 Å². The molecule has 1 aliphatic rings. The minimum atomic E-state index is 0.662. The minimum Gasteiger partial charge on any atom is -0.341 e. The zero-order valence-corrected chi connectivity index (χ0v) is 8.24. The van der Waals surface area contributed by atoms with E-state index in [9.17, 15) is 0 Å². The van der Waals surface area contributed by atoms with Crippen molar-refractivity contribution in [3.8, 4) is 0 Å². The van der Waals surface area contributed by atoms with E-state index < -0.39 is 0 Å². The summed E-state index contributed by atoms with van der Waals surface area (Å²) in [5.41, 5.74) is 1.48. The second-order valence-electron chi connectivity index (χ2n) is 3.90. The van der Waals surface area contributed by atoms with Crippen molar-refractivity contribution in [2.45, 2.75) is 19.2 Å². The van der Waals surface area contributed by atoms with Crippen molar-refractivity contribution in [1.29, 1.82) is 0 Å². The van der Waals surface area contributed by atoms with Crippen LogP contribution >= 0.6 is 0 Å². The number of rotatable bonds is 1. The fourth-order valence-corrected chi connectivity index (χ4v) is 2.17. The van der Waals surface area contributed by atoms with E-state index in [1.807, 2.05) is 0 Å². The molecule has 1 aliphatic heterocycles. The molecular weight excluding hydrogens is 157 g/mol. The third-order valence-electron chi connectivity index (χ3n) is 2.95. The third-order valence-corrected chi connectivity index (χ3v) is 2.95. The molecule has 0 amide bonds. The van der Waals surface area contributed by atoms with Crippen molar-refractivity contribution in [2.75, 3.05) is 13.6 Å². The zero-order valence-electron chi connectivity index (χ0n) is 8.24. The number of hydrogen-bond donors (Lipinski definition) is 0. The Hall–Kier alpha value is -0.755. The van der Waals surface area contributed by atoms with Crippen LogP contribution in [0.4, 0.5) is 0 Å². The molecule has 0 aromatic heterocycles. The van der Waals surface area contributed by atoms with Gasteiger partial charge in [-0.25, -0.2) is 0 Å². The largest absolute Gasteiger partial charge is 0.341 e. The Morgan fingerprint density at radius 2 is 1.92 bits per heavy atom. The normalized spacial score (nSPS) is 19.0. The summed E-state index contributed by atoms with van der Waals surface area (Å²) < 4.78 is 0. The van der Waals surface area contributed by atoms with Crippen molar-refractivity contribution >= 4 is 12.3 Å². The molecule has 0 saturated carbocycles. The Morgan fingerprint density at radius 3 is 2.62 bits per heavy atom. The van der Waals surface area contributed by atoms with Crippen LogP contribution in [0.25, 0.3) is 0 Å². The molecule has 0 N–H and O–H groups in total. The standard InChI is InChI=1S/C11H16BN/c1-13-10-6-5-9-12(13)11-7-3-2-4-8-11/h2-4,7-8H,5-6,9-10H2,1H3. The van der Waals surface area contributed by atoms with E-state index in [-0.39, 0.29) is 0 Å². The maximum absolute atomic E-state index is 2.47. The molecule has 0 unspecified atom stereocenters. The first-order chi connectivity index (χ1) is 6.38. The van der Waals surface area contributed by atoms with Gasteiger partial charge in [0.2, 0.25) is 0 Å². The number of hydrogen-bond acceptors (Lipinski definition) is 1. The SMILES string of the molecule is CN1CCCCB1c1ccccc1. The molecular formula is C11H16BN. The van der Waals surface area contributed by atoms with Gasteiger partial charge in [0.05, 0.1) is 0 Å². The average Bonchev–Trinajstić information content (AvgIpc) is 2.20. The average molecular weight is 173 g/mol. The van der Waals surface area contributed by atoms with Gasteiger partial charge in [-0.3, -0.25) is 0 Å². The van der Waals surface area contributed by atoms with E-state index in [4.69, 9.17) is 0 Å². The summed E-state index contributed by atoms with van der Waals surface area (Å²) in [6, 6.07) is 10.8. The lowest BCUT2D eigenvalue weighted by Crippen LogP contribution is -2.48. The van der Waals surface area contributed by atoms with Gasteiger partial charge < -0.3 is 4.81 Å². The maximum atomic E-state index is 2.47. The van der Waals surface area contributed by atoms with Crippen molar-refractivity contribution in [3.05, 3.63) is 30.3 Å². The van der Waals surface area contributed by atoms with Crippen molar-refractivity contribution in [3.63, 3.8) is 0 Å². The molecule has 13 heavy (non-hydrogen) atoms. The van der Waals surface area contributed by atoms with Gasteiger partial charge in [-0.15, -0.1) is 0 Å². The van der Waals surface area contributed by atoms with Gasteiger partial charge in [0.1, 0.15) is 0 Å². The summed E-state index contributed by atoms with van der Waals surface area (Å²) in [6.07, 6.45) is 4.06. The summed E-state index contributed by atoms with van der Waals surface area (Å²) in [7, 11) is 2.23. The summed E-state index contributed by atoms with van der Waals surface area (Å²) in [4.78, 5) is 2.47. The Balaban J connectivity index is 2.15. The van der Waals surface area contributed by atoms with Gasteiger partial charge in [-0.1, -0.05) is 48.5 Å². The van der Waals surface area contributed by atoms with E-state index in [0.29, 0.717) is 6.85 Å². The molecule has 1 aromatic rings. The summed E-state index contributed by atoms with van der Waals surface area (Å²) in [6.45, 7) is 1.91. The van der Waals surface area contributed by atoms with Gasteiger partial charge >= 0.3 is 0 Å². The van der Waals surface area contributed by atoms with E-state index in [1.54, 1.807) is 0 Å². The Kier molecular flexibility index (Phi) is 2.69. The molecule has 1 saturated heterocycles. The monoisotopic (exact) mass is 173 g/mol. The van der Waals surface area contributed by atoms with Crippen LogP contribution in [0.3, 0.4) is 0 Å². The van der Waals surface area contributed by atoms with Crippen LogP contribution in [0.5, 0.6) is 0 Å². The Labute approximate surface area is 80.9 Å². The van der Waals surface area contributed by atoms with Crippen LogP contribution in [0.1, 0.15) is 12.8 Å². The molecule has 1 aromatic carbocycles. The molecule has 1 heterocycles. The second-order valence-corrected chi connectivity index (χ2v) is 3.90. The van der Waals surface area contributed by atoms with Crippen LogP contribution in [0.15, 0.2) is 30.3 Å². The molecule has 0 aliphatic carbocycles. The van der Waals surface area contributed by atoms with Crippen molar-refractivity contribution < 1.29 is 0 Å². The topological polar surface area (TPSA) is 3.24 Å². The van der Waals surface area contributed by atoms with Crippen LogP contribution in [-0.2, 0) is 0 Å². The highest BCUT2D eigenvalue weighted by Crippen LogP contribution is 2.12. The van der Waals surface area contributed by atoms with Crippen molar-refractivity contribution in [1.82, 2.24) is 4.81 Å². The number of nitrogens with zero attached hydrogens (tertiary/aromatic N) is 1. The predicted molar refractivity (Wildman–Crippen MR) is 58.5 cm³/mol. The van der Waals surface area contributed by atoms with Crippen LogP contribution in [0.2, 0.25) is 6.32 Å². The lowest BCUT2D eigenvalue weighted by atomic mass is 9.49. The zero-order chi connectivity index (χ0) is 9.10. The lowest BCUT2D eigenvalue weighted by Gasteiger charge is -2.29. The highest BCUT2D eigenvalue weighted by atomic mass is 15.0. The highest BCUT2D eigenvalue weighted by Gasteiger charge is 2.24. The van der Waals surface area contributed by atoms with E-state index in [1.165, 1.54) is 31.2 Å². The predicted octanol–water partition coefficient (Wildman–Crippen LogP) is 1.61. The van der Waals surface area contributed by atoms with Crippen molar-refractivity contribution in [2.24, 2.45) is 0 Å². The van der Waals surface area contributed by atoms with Crippen LogP contribution < -0.4 is 5.46 Å². The Bertz CT molecular complexity index is 260. The van der Waals surface area contributed by atoms with E-state index in [2.05, 4.69) is 42.2 Å². The molecule has 0 atom stereocenters. The van der Waals surface area contributed by atoms with E-state index in [0.717, 1.165) is 0 Å². The van der Waals surface area contributed by atoms with Gasteiger partial charge in [0.15, 0.2) is 0 Å². The van der Waals surface area contributed by atoms with Gasteiger partial charge in [0, 0.05) is 0 Å². The first kappa shape index (κ1) is 8.83. The van der Waals surface area contributed by atoms with Crippen LogP contribution in [0, 0.1) is 0 Å². The second kappa shape index (κ2) is 3.97. The smallest absolute Gasteiger partial charge is 0.257 e. The first-order valence-corrected chi connectivity index (χ1v) is 5.13. The fraction of sp³-hybridized carbons (Fsp3) is 0.455. The van der Waals surface area contributed by atoms with E-state index >= 15 is 0 Å². The molecule has 2 rings (SSSR count). The molecule has 1 nitrogen and oxygen atoms in total.